The average molecular weight is 357 g/mol. The van der Waals surface area contributed by atoms with E-state index in [0.29, 0.717) is 31.3 Å². The molecular weight excluding hydrogens is 334 g/mol. The van der Waals surface area contributed by atoms with Crippen LogP contribution in [-0.4, -0.2) is 65.0 Å². The van der Waals surface area contributed by atoms with Crippen LogP contribution in [0.5, 0.6) is 11.5 Å². The average Bonchev–Trinajstić information content (AvgIpc) is 2.59. The molecule has 24 heavy (non-hydrogen) atoms. The molecule has 1 amide bonds. The Hall–Kier alpha value is -1.80. The smallest absolute Gasteiger partial charge is 0.224 e. The number of hydrogen-bond donors (Lipinski definition) is 0. The minimum Gasteiger partial charge on any atom is -0.493 e. The van der Waals surface area contributed by atoms with E-state index in [0.717, 1.165) is 0 Å². The van der Waals surface area contributed by atoms with Crippen molar-refractivity contribution in [3.8, 4) is 11.5 Å². The van der Waals surface area contributed by atoms with Crippen LogP contribution in [0.1, 0.15) is 13.3 Å². The van der Waals surface area contributed by atoms with Gasteiger partial charge in [0.25, 0.3) is 0 Å². The number of ether oxygens (including phenoxy) is 3. The number of nitrogens with zero attached hydrogens (tertiary/aromatic N) is 1. The topological polar surface area (TPSA) is 82.1 Å². The van der Waals surface area contributed by atoms with Gasteiger partial charge in [0.2, 0.25) is 5.91 Å². The van der Waals surface area contributed by atoms with Crippen molar-refractivity contribution in [1.82, 2.24) is 4.90 Å². The van der Waals surface area contributed by atoms with Gasteiger partial charge in [-0.2, -0.15) is 0 Å². The minimum absolute atomic E-state index is 0.0324. The highest BCUT2D eigenvalue weighted by molar-refractivity contribution is 7.91. The molecule has 2 rings (SSSR count). The van der Waals surface area contributed by atoms with E-state index in [4.69, 9.17) is 14.2 Å². The summed E-state index contributed by atoms with van der Waals surface area (Å²) in [5, 5.41) is 0. The van der Waals surface area contributed by atoms with Gasteiger partial charge >= 0.3 is 0 Å². The first kappa shape index (κ1) is 18.5. The molecule has 1 heterocycles. The lowest BCUT2D eigenvalue weighted by Gasteiger charge is -2.33. The zero-order valence-corrected chi connectivity index (χ0v) is 15.0. The van der Waals surface area contributed by atoms with E-state index < -0.39 is 9.84 Å². The molecule has 1 saturated heterocycles. The van der Waals surface area contributed by atoms with Crippen molar-refractivity contribution in [2.75, 3.05) is 39.7 Å². The molecule has 1 aliphatic rings. The molecule has 1 aromatic rings. The van der Waals surface area contributed by atoms with Crippen LogP contribution in [0.25, 0.3) is 0 Å². The molecule has 8 heteroatoms. The third-order valence-corrected chi connectivity index (χ3v) is 5.70. The van der Waals surface area contributed by atoms with Gasteiger partial charge in [-0.1, -0.05) is 0 Å². The van der Waals surface area contributed by atoms with Crippen molar-refractivity contribution in [2.24, 2.45) is 0 Å². The summed E-state index contributed by atoms with van der Waals surface area (Å²) in [5.74, 6) is 0.377. The Kier molecular flexibility index (Phi) is 6.06. The van der Waals surface area contributed by atoms with Gasteiger partial charge in [0, 0.05) is 19.0 Å². The van der Waals surface area contributed by atoms with Crippen LogP contribution in [0, 0.1) is 0 Å². The van der Waals surface area contributed by atoms with E-state index in [1.165, 1.54) is 32.4 Å². The second-order valence-electron chi connectivity index (χ2n) is 5.60. The fourth-order valence-electron chi connectivity index (χ4n) is 2.59. The summed E-state index contributed by atoms with van der Waals surface area (Å²) in [6, 6.07) is 4.38. The number of methoxy groups -OCH3 is 2. The summed E-state index contributed by atoms with van der Waals surface area (Å²) in [6.45, 7) is 3.35. The monoisotopic (exact) mass is 357 g/mol. The molecule has 1 atom stereocenters. The molecule has 1 aromatic carbocycles. The van der Waals surface area contributed by atoms with Gasteiger partial charge in [-0.15, -0.1) is 0 Å². The molecule has 7 nitrogen and oxygen atoms in total. The molecule has 1 unspecified atom stereocenters. The lowest BCUT2D eigenvalue weighted by atomic mass is 10.2. The predicted molar refractivity (Wildman–Crippen MR) is 88.2 cm³/mol. The molecule has 0 N–H and O–H groups in total. The van der Waals surface area contributed by atoms with Crippen LogP contribution in [0.3, 0.4) is 0 Å². The lowest BCUT2D eigenvalue weighted by molar-refractivity contribution is -0.138. The third kappa shape index (κ3) is 4.18. The van der Waals surface area contributed by atoms with Crippen LogP contribution in [0.4, 0.5) is 0 Å². The zero-order valence-electron chi connectivity index (χ0n) is 14.1. The molecular formula is C16H23NO6S. The maximum Gasteiger partial charge on any atom is 0.224 e. The first-order valence-electron chi connectivity index (χ1n) is 7.71. The van der Waals surface area contributed by atoms with Crippen LogP contribution in [-0.2, 0) is 19.4 Å². The van der Waals surface area contributed by atoms with Gasteiger partial charge in [0.1, 0.15) is 0 Å². The lowest BCUT2D eigenvalue weighted by Crippen LogP contribution is -2.47. The minimum atomic E-state index is -3.58. The first-order chi connectivity index (χ1) is 11.4. The Balaban J connectivity index is 2.07. The van der Waals surface area contributed by atoms with Gasteiger partial charge in [-0.05, 0) is 19.1 Å². The largest absolute Gasteiger partial charge is 0.493 e. The SMILES string of the molecule is COc1ccc(S(=O)(=O)CCC(=O)N2CCOCC2C)cc1OC. The maximum absolute atomic E-state index is 12.5. The number of benzene rings is 1. The molecule has 0 aromatic heterocycles. The van der Waals surface area contributed by atoms with Crippen molar-refractivity contribution >= 4 is 15.7 Å². The summed E-state index contributed by atoms with van der Waals surface area (Å²) in [7, 11) is -0.661. The molecule has 0 aliphatic carbocycles. The zero-order chi connectivity index (χ0) is 17.7. The van der Waals surface area contributed by atoms with Crippen LogP contribution in [0.15, 0.2) is 23.1 Å². The van der Waals surface area contributed by atoms with E-state index in [9.17, 15) is 13.2 Å². The van der Waals surface area contributed by atoms with Crippen molar-refractivity contribution in [1.29, 1.82) is 0 Å². The maximum atomic E-state index is 12.5. The molecule has 1 aliphatic heterocycles. The fraction of sp³-hybridized carbons (Fsp3) is 0.562. The summed E-state index contributed by atoms with van der Waals surface area (Å²) in [6.07, 6.45) is -0.0545. The molecule has 0 saturated carbocycles. The van der Waals surface area contributed by atoms with Crippen LogP contribution in [0.2, 0.25) is 0 Å². The standard InChI is InChI=1S/C16H23NO6S/c1-12-11-23-8-7-17(12)16(18)6-9-24(19,20)13-4-5-14(21-2)15(10-13)22-3/h4-5,10,12H,6-9,11H2,1-3H3. The number of morpholine rings is 1. The molecule has 0 bridgehead atoms. The van der Waals surface area contributed by atoms with E-state index in [1.807, 2.05) is 6.92 Å². The molecule has 134 valence electrons. The van der Waals surface area contributed by atoms with Crippen molar-refractivity contribution in [3.05, 3.63) is 18.2 Å². The van der Waals surface area contributed by atoms with E-state index >= 15 is 0 Å². The quantitative estimate of drug-likeness (QED) is 0.759. The highest BCUT2D eigenvalue weighted by Gasteiger charge is 2.26. The number of rotatable bonds is 6. The summed E-state index contributed by atoms with van der Waals surface area (Å²) < 4.78 is 40.5. The summed E-state index contributed by atoms with van der Waals surface area (Å²) >= 11 is 0. The number of hydrogen-bond acceptors (Lipinski definition) is 6. The Bertz CT molecular complexity index is 688. The molecule has 1 fully saturated rings. The summed E-state index contributed by atoms with van der Waals surface area (Å²) in [4.78, 5) is 14.1. The van der Waals surface area contributed by atoms with Crippen molar-refractivity contribution < 1.29 is 27.4 Å². The number of amides is 1. The summed E-state index contributed by atoms with van der Waals surface area (Å²) in [5.41, 5.74) is 0. The Morgan fingerprint density at radius 3 is 2.62 bits per heavy atom. The predicted octanol–water partition coefficient (Wildman–Crippen LogP) is 1.11. The first-order valence-corrected chi connectivity index (χ1v) is 9.36. The number of sulfone groups is 1. The van der Waals surface area contributed by atoms with E-state index in [2.05, 4.69) is 0 Å². The third-order valence-electron chi connectivity index (χ3n) is 3.99. The van der Waals surface area contributed by atoms with Gasteiger partial charge in [-0.3, -0.25) is 4.79 Å². The molecule has 0 radical (unpaired) electrons. The second-order valence-corrected chi connectivity index (χ2v) is 7.71. The van der Waals surface area contributed by atoms with Gasteiger partial charge in [0.15, 0.2) is 21.3 Å². The Morgan fingerprint density at radius 2 is 2.00 bits per heavy atom. The molecule has 0 spiro atoms. The van der Waals surface area contributed by atoms with Crippen LogP contribution >= 0.6 is 0 Å². The number of carbonyl (C=O) groups is 1. The van der Waals surface area contributed by atoms with Gasteiger partial charge in [0.05, 0.1) is 44.1 Å². The normalized spacial score (nSPS) is 18.3. The Labute approximate surface area is 142 Å². The highest BCUT2D eigenvalue weighted by Crippen LogP contribution is 2.30. The second kappa shape index (κ2) is 7.85. The fourth-order valence-corrected chi connectivity index (χ4v) is 3.83. The van der Waals surface area contributed by atoms with Crippen molar-refractivity contribution in [3.63, 3.8) is 0 Å². The number of carbonyl (C=O) groups excluding carboxylic acids is 1. The van der Waals surface area contributed by atoms with Gasteiger partial charge in [-0.25, -0.2) is 8.42 Å². The Morgan fingerprint density at radius 1 is 1.29 bits per heavy atom. The van der Waals surface area contributed by atoms with E-state index in [-0.39, 0.29) is 29.0 Å². The van der Waals surface area contributed by atoms with Crippen LogP contribution < -0.4 is 9.47 Å². The van der Waals surface area contributed by atoms with Crippen molar-refractivity contribution in [2.45, 2.75) is 24.3 Å². The van der Waals surface area contributed by atoms with Gasteiger partial charge < -0.3 is 19.1 Å². The highest BCUT2D eigenvalue weighted by atomic mass is 32.2. The van der Waals surface area contributed by atoms with E-state index in [1.54, 1.807) is 4.90 Å².